The highest BCUT2D eigenvalue weighted by Gasteiger charge is 2.16. The van der Waals surface area contributed by atoms with Crippen LogP contribution in [0.3, 0.4) is 0 Å². The highest BCUT2D eigenvalue weighted by Crippen LogP contribution is 2.32. The summed E-state index contributed by atoms with van der Waals surface area (Å²) >= 11 is 0. The van der Waals surface area contributed by atoms with Crippen molar-refractivity contribution in [2.75, 3.05) is 25.9 Å². The summed E-state index contributed by atoms with van der Waals surface area (Å²) in [5, 5.41) is 1.90. The number of nitrogens with two attached hydrogens (primary N) is 1. The van der Waals surface area contributed by atoms with Crippen LogP contribution in [-0.2, 0) is 17.8 Å². The minimum atomic E-state index is 0.239. The third kappa shape index (κ3) is 5.28. The Morgan fingerprint density at radius 3 is 2.62 bits per heavy atom. The minimum Gasteiger partial charge on any atom is -0.458 e. The average molecular weight is 398 g/mol. The number of ether oxygens (including phenoxy) is 1. The SMILES string of the molecule is CCOCc1cc2c(N)nc3ccc(CCCCCN(C)C(C)(C)C)cc3c2o1. The Morgan fingerprint density at radius 1 is 1.10 bits per heavy atom. The number of rotatable bonds is 9. The largest absolute Gasteiger partial charge is 0.458 e. The van der Waals surface area contributed by atoms with Gasteiger partial charge in [-0.05, 0) is 84.3 Å². The molecule has 2 aromatic heterocycles. The fraction of sp³-hybridized carbons (Fsp3) is 0.542. The van der Waals surface area contributed by atoms with Gasteiger partial charge in [-0.3, -0.25) is 0 Å². The van der Waals surface area contributed by atoms with Crippen molar-refractivity contribution in [2.24, 2.45) is 0 Å². The number of pyridine rings is 1. The van der Waals surface area contributed by atoms with Crippen LogP contribution in [0.4, 0.5) is 5.82 Å². The van der Waals surface area contributed by atoms with Crippen LogP contribution in [0.1, 0.15) is 58.3 Å². The van der Waals surface area contributed by atoms with Gasteiger partial charge >= 0.3 is 0 Å². The maximum absolute atomic E-state index is 6.15. The zero-order valence-electron chi connectivity index (χ0n) is 18.5. The van der Waals surface area contributed by atoms with Crippen LogP contribution in [0.5, 0.6) is 0 Å². The maximum Gasteiger partial charge on any atom is 0.147 e. The van der Waals surface area contributed by atoms with Crippen LogP contribution in [0.15, 0.2) is 28.7 Å². The molecule has 5 nitrogen and oxygen atoms in total. The molecule has 0 fully saturated rings. The minimum absolute atomic E-state index is 0.239. The van der Waals surface area contributed by atoms with Crippen LogP contribution in [0, 0.1) is 0 Å². The van der Waals surface area contributed by atoms with Gasteiger partial charge in [-0.2, -0.15) is 0 Å². The molecule has 3 aromatic rings. The molecule has 5 heteroatoms. The fourth-order valence-electron chi connectivity index (χ4n) is 3.50. The predicted molar refractivity (Wildman–Crippen MR) is 121 cm³/mol. The molecule has 0 saturated heterocycles. The molecule has 3 rings (SSSR count). The number of hydrogen-bond acceptors (Lipinski definition) is 5. The summed E-state index contributed by atoms with van der Waals surface area (Å²) in [6.07, 6.45) is 4.70. The summed E-state index contributed by atoms with van der Waals surface area (Å²) in [7, 11) is 2.20. The van der Waals surface area contributed by atoms with Gasteiger partial charge in [0.05, 0.1) is 10.9 Å². The van der Waals surface area contributed by atoms with Gasteiger partial charge in [0.2, 0.25) is 0 Å². The van der Waals surface area contributed by atoms with E-state index in [-0.39, 0.29) is 5.54 Å². The first kappa shape index (κ1) is 21.6. The number of unbranched alkanes of at least 4 members (excludes halogenated alkanes) is 2. The van der Waals surface area contributed by atoms with E-state index in [4.69, 9.17) is 14.9 Å². The second-order valence-electron chi connectivity index (χ2n) is 8.84. The number of benzene rings is 1. The van der Waals surface area contributed by atoms with Crippen molar-refractivity contribution >= 4 is 27.7 Å². The Kier molecular flexibility index (Phi) is 6.81. The van der Waals surface area contributed by atoms with Crippen molar-refractivity contribution in [3.63, 3.8) is 0 Å². The van der Waals surface area contributed by atoms with Gasteiger partial charge in [0, 0.05) is 17.5 Å². The van der Waals surface area contributed by atoms with Crippen LogP contribution < -0.4 is 5.73 Å². The zero-order chi connectivity index (χ0) is 21.0. The first-order chi connectivity index (χ1) is 13.8. The number of nitrogens with zero attached hydrogens (tertiary/aromatic N) is 2. The molecule has 0 aliphatic rings. The zero-order valence-corrected chi connectivity index (χ0v) is 18.5. The summed E-state index contributed by atoms with van der Waals surface area (Å²) in [6.45, 7) is 11.0. The van der Waals surface area contributed by atoms with Crippen molar-refractivity contribution in [1.82, 2.24) is 9.88 Å². The number of anilines is 1. The molecule has 0 radical (unpaired) electrons. The molecule has 29 heavy (non-hydrogen) atoms. The van der Waals surface area contributed by atoms with Gasteiger partial charge < -0.3 is 19.8 Å². The Balaban J connectivity index is 1.69. The molecule has 0 amide bonds. The number of nitrogen functional groups attached to an aromatic ring is 1. The van der Waals surface area contributed by atoms with Crippen LogP contribution in [-0.4, -0.2) is 35.6 Å². The van der Waals surface area contributed by atoms with Gasteiger partial charge in [-0.25, -0.2) is 4.98 Å². The first-order valence-corrected chi connectivity index (χ1v) is 10.7. The summed E-state index contributed by atoms with van der Waals surface area (Å²) < 4.78 is 11.6. The lowest BCUT2D eigenvalue weighted by molar-refractivity contribution is 0.119. The van der Waals surface area contributed by atoms with Crippen molar-refractivity contribution in [3.8, 4) is 0 Å². The van der Waals surface area contributed by atoms with E-state index in [1.54, 1.807) is 0 Å². The topological polar surface area (TPSA) is 64.5 Å². The maximum atomic E-state index is 6.15. The molecule has 0 spiro atoms. The second kappa shape index (κ2) is 9.14. The number of fused-ring (bicyclic) bond motifs is 3. The van der Waals surface area contributed by atoms with Crippen molar-refractivity contribution in [1.29, 1.82) is 0 Å². The molecule has 0 bridgehead atoms. The third-order valence-corrected chi connectivity index (χ3v) is 5.66. The molecule has 0 aliphatic carbocycles. The smallest absolute Gasteiger partial charge is 0.147 e. The number of furan rings is 1. The lowest BCUT2D eigenvalue weighted by Gasteiger charge is -2.31. The molecule has 0 unspecified atom stereocenters. The number of hydrogen-bond donors (Lipinski definition) is 1. The molecule has 158 valence electrons. The predicted octanol–water partition coefficient (Wildman–Crippen LogP) is 5.54. The molecule has 2 heterocycles. The number of aryl methyl sites for hydroxylation is 1. The van der Waals surface area contributed by atoms with E-state index >= 15 is 0 Å². The van der Waals surface area contributed by atoms with Crippen molar-refractivity contribution in [3.05, 3.63) is 35.6 Å². The van der Waals surface area contributed by atoms with E-state index in [1.807, 2.05) is 13.0 Å². The second-order valence-corrected chi connectivity index (χ2v) is 8.84. The Labute approximate surface area is 174 Å². The van der Waals surface area contributed by atoms with E-state index in [0.717, 1.165) is 40.6 Å². The Hall–Kier alpha value is -2.11. The van der Waals surface area contributed by atoms with Crippen LogP contribution >= 0.6 is 0 Å². The Morgan fingerprint density at radius 2 is 1.90 bits per heavy atom. The first-order valence-electron chi connectivity index (χ1n) is 10.7. The summed E-state index contributed by atoms with van der Waals surface area (Å²) in [5.74, 6) is 1.30. The fourth-order valence-corrected chi connectivity index (χ4v) is 3.50. The highest BCUT2D eigenvalue weighted by molar-refractivity contribution is 6.06. The monoisotopic (exact) mass is 397 g/mol. The van der Waals surface area contributed by atoms with Crippen molar-refractivity contribution in [2.45, 2.75) is 65.5 Å². The highest BCUT2D eigenvalue weighted by atomic mass is 16.5. The van der Waals surface area contributed by atoms with Gasteiger partial charge in [-0.1, -0.05) is 12.5 Å². The van der Waals surface area contributed by atoms with E-state index in [2.05, 4.69) is 55.9 Å². The van der Waals surface area contributed by atoms with Crippen molar-refractivity contribution < 1.29 is 9.15 Å². The van der Waals surface area contributed by atoms with E-state index < -0.39 is 0 Å². The quantitative estimate of drug-likeness (QED) is 0.480. The molecule has 2 N–H and O–H groups in total. The van der Waals surface area contributed by atoms with E-state index in [1.165, 1.54) is 24.8 Å². The molecule has 0 saturated carbocycles. The third-order valence-electron chi connectivity index (χ3n) is 5.66. The summed E-state index contributed by atoms with van der Waals surface area (Å²) in [4.78, 5) is 6.99. The standard InChI is InChI=1S/C24H35N3O2/c1-6-28-16-18-15-20-22(29-18)19-14-17(11-12-21(19)26-23(20)25)10-8-7-9-13-27(5)24(2,3)4/h11-12,14-15H,6-10,13,16H2,1-5H3,(H2,25,26). The normalized spacial score (nSPS) is 12.5. The summed E-state index contributed by atoms with van der Waals surface area (Å²) in [5.41, 5.74) is 9.40. The van der Waals surface area contributed by atoms with E-state index in [0.29, 0.717) is 19.0 Å². The van der Waals surface area contributed by atoms with Gasteiger partial charge in [-0.15, -0.1) is 0 Å². The summed E-state index contributed by atoms with van der Waals surface area (Å²) in [6, 6.07) is 8.37. The molecular formula is C24H35N3O2. The molecule has 0 atom stereocenters. The molecule has 1 aromatic carbocycles. The Bertz CT molecular complexity index is 956. The average Bonchev–Trinajstić information content (AvgIpc) is 3.11. The van der Waals surface area contributed by atoms with Crippen LogP contribution in [0.2, 0.25) is 0 Å². The van der Waals surface area contributed by atoms with Gasteiger partial charge in [0.15, 0.2) is 0 Å². The van der Waals surface area contributed by atoms with Crippen LogP contribution in [0.25, 0.3) is 21.9 Å². The lowest BCUT2D eigenvalue weighted by atomic mass is 10.0. The van der Waals surface area contributed by atoms with Gasteiger partial charge in [0.1, 0.15) is 23.8 Å². The molecule has 0 aliphatic heterocycles. The lowest BCUT2D eigenvalue weighted by Crippen LogP contribution is -2.38. The van der Waals surface area contributed by atoms with E-state index in [9.17, 15) is 0 Å². The molecular weight excluding hydrogens is 362 g/mol. The number of aromatic nitrogens is 1. The van der Waals surface area contributed by atoms with Gasteiger partial charge in [0.25, 0.3) is 0 Å².